The zero-order valence-electron chi connectivity index (χ0n) is 10.3. The highest BCUT2D eigenvalue weighted by Crippen LogP contribution is 2.35. The van der Waals surface area contributed by atoms with Crippen molar-refractivity contribution in [2.75, 3.05) is 27.2 Å². The first-order valence-electron chi connectivity index (χ1n) is 5.75. The molecule has 0 amide bonds. The van der Waals surface area contributed by atoms with Crippen LogP contribution in [-0.4, -0.2) is 32.1 Å². The molecule has 0 fully saturated rings. The molecule has 1 aromatic carbocycles. The van der Waals surface area contributed by atoms with Crippen LogP contribution in [0.2, 0.25) is 0 Å². The lowest BCUT2D eigenvalue weighted by Crippen LogP contribution is -2.37. The summed E-state index contributed by atoms with van der Waals surface area (Å²) in [5.74, 6) is 1.01. The Bertz CT molecular complexity index is 390. The first-order valence-corrected chi connectivity index (χ1v) is 5.75. The Hall–Kier alpha value is -1.06. The summed E-state index contributed by atoms with van der Waals surface area (Å²) < 4.78 is 5.44. The number of fused-ring (bicyclic) bond motifs is 1. The van der Waals surface area contributed by atoms with Crippen molar-refractivity contribution >= 4 is 0 Å². The van der Waals surface area contributed by atoms with Gasteiger partial charge in [0, 0.05) is 24.7 Å². The maximum atomic E-state index is 5.89. The van der Waals surface area contributed by atoms with Gasteiger partial charge in [-0.3, -0.25) is 4.90 Å². The molecule has 1 aliphatic heterocycles. The summed E-state index contributed by atoms with van der Waals surface area (Å²) in [5.41, 5.74) is 9.92. The number of benzene rings is 1. The van der Waals surface area contributed by atoms with Crippen molar-refractivity contribution in [1.82, 2.24) is 4.90 Å². The Labute approximate surface area is 97.2 Å². The molecular weight excluding hydrogens is 200 g/mol. The van der Waals surface area contributed by atoms with E-state index in [2.05, 4.69) is 31.0 Å². The molecule has 1 unspecified atom stereocenters. The van der Waals surface area contributed by atoms with Crippen LogP contribution in [-0.2, 0) is 6.42 Å². The second-order valence-corrected chi connectivity index (χ2v) is 4.46. The van der Waals surface area contributed by atoms with Crippen LogP contribution in [0.4, 0.5) is 0 Å². The molecule has 1 aliphatic rings. The monoisotopic (exact) mass is 220 g/mol. The third-order valence-electron chi connectivity index (χ3n) is 3.56. The molecule has 0 radical (unpaired) electrons. The topological polar surface area (TPSA) is 38.5 Å². The number of nitrogens with two attached hydrogens (primary N) is 1. The third kappa shape index (κ3) is 1.70. The van der Waals surface area contributed by atoms with Crippen LogP contribution in [0.5, 0.6) is 5.75 Å². The molecule has 0 bridgehead atoms. The van der Waals surface area contributed by atoms with Crippen molar-refractivity contribution in [3.05, 3.63) is 28.8 Å². The van der Waals surface area contributed by atoms with Gasteiger partial charge < -0.3 is 10.5 Å². The van der Waals surface area contributed by atoms with Crippen molar-refractivity contribution in [2.45, 2.75) is 19.4 Å². The van der Waals surface area contributed by atoms with Gasteiger partial charge in [0.15, 0.2) is 0 Å². The number of aryl methyl sites for hydroxylation is 1. The van der Waals surface area contributed by atoms with Gasteiger partial charge in [0.2, 0.25) is 0 Å². The number of hydrogen-bond acceptors (Lipinski definition) is 3. The molecule has 1 aromatic rings. The first-order chi connectivity index (χ1) is 7.69. The molecule has 1 heterocycles. The van der Waals surface area contributed by atoms with Crippen LogP contribution in [0.15, 0.2) is 12.1 Å². The largest absolute Gasteiger partial charge is 0.496 e. The Balaban J connectivity index is 2.55. The van der Waals surface area contributed by atoms with E-state index in [9.17, 15) is 0 Å². The van der Waals surface area contributed by atoms with E-state index >= 15 is 0 Å². The van der Waals surface area contributed by atoms with Gasteiger partial charge in [-0.2, -0.15) is 0 Å². The summed E-state index contributed by atoms with van der Waals surface area (Å²) in [6, 6.07) is 4.52. The zero-order valence-corrected chi connectivity index (χ0v) is 10.3. The van der Waals surface area contributed by atoms with E-state index in [4.69, 9.17) is 10.5 Å². The molecule has 0 saturated heterocycles. The number of hydrogen-bond donors (Lipinski definition) is 1. The molecule has 3 nitrogen and oxygen atoms in total. The Morgan fingerprint density at radius 1 is 1.50 bits per heavy atom. The van der Waals surface area contributed by atoms with Crippen LogP contribution in [0, 0.1) is 6.92 Å². The van der Waals surface area contributed by atoms with Gasteiger partial charge in [-0.25, -0.2) is 0 Å². The van der Waals surface area contributed by atoms with Crippen molar-refractivity contribution in [3.8, 4) is 5.75 Å². The summed E-state index contributed by atoms with van der Waals surface area (Å²) in [6.07, 6.45) is 1.05. The fourth-order valence-electron chi connectivity index (χ4n) is 2.64. The number of rotatable bonds is 2. The molecule has 16 heavy (non-hydrogen) atoms. The van der Waals surface area contributed by atoms with Crippen LogP contribution >= 0.6 is 0 Å². The quantitative estimate of drug-likeness (QED) is 0.820. The minimum absolute atomic E-state index is 0.332. The lowest BCUT2D eigenvalue weighted by atomic mass is 9.88. The highest BCUT2D eigenvalue weighted by molar-refractivity contribution is 5.48. The van der Waals surface area contributed by atoms with Gasteiger partial charge in [-0.15, -0.1) is 0 Å². The lowest BCUT2D eigenvalue weighted by molar-refractivity contribution is 0.232. The SMILES string of the molecule is COc1ccc(C)c2c1CCN(C)C2CN. The highest BCUT2D eigenvalue weighted by Gasteiger charge is 2.27. The van der Waals surface area contributed by atoms with Gasteiger partial charge in [0.1, 0.15) is 5.75 Å². The normalized spacial score (nSPS) is 20.6. The molecule has 0 aromatic heterocycles. The molecule has 1 atom stereocenters. The minimum Gasteiger partial charge on any atom is -0.496 e. The van der Waals surface area contributed by atoms with Gasteiger partial charge in [-0.05, 0) is 37.6 Å². The average molecular weight is 220 g/mol. The molecule has 0 saturated carbocycles. The van der Waals surface area contributed by atoms with Gasteiger partial charge in [-0.1, -0.05) is 6.07 Å². The Morgan fingerprint density at radius 2 is 2.25 bits per heavy atom. The standard InChI is InChI=1S/C13H20N2O/c1-9-4-5-12(16-3)10-6-7-15(2)11(8-14)13(9)10/h4-5,11H,6-8,14H2,1-3H3. The molecule has 2 rings (SSSR count). The first kappa shape index (κ1) is 11.4. The zero-order chi connectivity index (χ0) is 11.7. The lowest BCUT2D eigenvalue weighted by Gasteiger charge is -2.35. The van der Waals surface area contributed by atoms with Crippen molar-refractivity contribution in [2.24, 2.45) is 5.73 Å². The summed E-state index contributed by atoms with van der Waals surface area (Å²) in [4.78, 5) is 2.33. The highest BCUT2D eigenvalue weighted by atomic mass is 16.5. The molecule has 2 N–H and O–H groups in total. The number of likely N-dealkylation sites (N-methyl/N-ethyl adjacent to an activating group) is 1. The molecule has 88 valence electrons. The van der Waals surface area contributed by atoms with Crippen LogP contribution in [0.1, 0.15) is 22.7 Å². The fourth-order valence-corrected chi connectivity index (χ4v) is 2.64. The van der Waals surface area contributed by atoms with Crippen molar-refractivity contribution < 1.29 is 4.74 Å². The predicted molar refractivity (Wildman–Crippen MR) is 65.9 cm³/mol. The summed E-state index contributed by atoms with van der Waals surface area (Å²) in [7, 11) is 3.88. The second-order valence-electron chi connectivity index (χ2n) is 4.46. The number of ether oxygens (including phenoxy) is 1. The van der Waals surface area contributed by atoms with Crippen LogP contribution < -0.4 is 10.5 Å². The van der Waals surface area contributed by atoms with E-state index in [-0.39, 0.29) is 0 Å². The second kappa shape index (κ2) is 4.44. The summed E-state index contributed by atoms with van der Waals surface area (Å²) in [5, 5.41) is 0. The van der Waals surface area contributed by atoms with Gasteiger partial charge >= 0.3 is 0 Å². The van der Waals surface area contributed by atoms with E-state index in [1.54, 1.807) is 7.11 Å². The van der Waals surface area contributed by atoms with Crippen molar-refractivity contribution in [1.29, 1.82) is 0 Å². The Kier molecular flexibility index (Phi) is 3.17. The molecule has 0 spiro atoms. The van der Waals surface area contributed by atoms with E-state index in [1.807, 2.05) is 0 Å². The smallest absolute Gasteiger partial charge is 0.122 e. The Morgan fingerprint density at radius 3 is 2.88 bits per heavy atom. The van der Waals surface area contributed by atoms with Crippen LogP contribution in [0.3, 0.4) is 0 Å². The van der Waals surface area contributed by atoms with E-state index in [1.165, 1.54) is 16.7 Å². The predicted octanol–water partition coefficient (Wildman–Crippen LogP) is 1.49. The number of methoxy groups -OCH3 is 1. The third-order valence-corrected chi connectivity index (χ3v) is 3.56. The van der Waals surface area contributed by atoms with E-state index in [0.717, 1.165) is 18.7 Å². The summed E-state index contributed by atoms with van der Waals surface area (Å²) in [6.45, 7) is 3.87. The maximum Gasteiger partial charge on any atom is 0.122 e. The molecular formula is C13H20N2O. The van der Waals surface area contributed by atoms with Gasteiger partial charge in [0.05, 0.1) is 7.11 Å². The van der Waals surface area contributed by atoms with Gasteiger partial charge in [0.25, 0.3) is 0 Å². The van der Waals surface area contributed by atoms with E-state index in [0.29, 0.717) is 12.6 Å². The maximum absolute atomic E-state index is 5.89. The van der Waals surface area contributed by atoms with Crippen LogP contribution in [0.25, 0.3) is 0 Å². The minimum atomic E-state index is 0.332. The fraction of sp³-hybridized carbons (Fsp3) is 0.538. The molecule has 3 heteroatoms. The number of nitrogens with zero attached hydrogens (tertiary/aromatic N) is 1. The summed E-state index contributed by atoms with van der Waals surface area (Å²) >= 11 is 0. The van der Waals surface area contributed by atoms with E-state index < -0.39 is 0 Å². The van der Waals surface area contributed by atoms with Crippen molar-refractivity contribution in [3.63, 3.8) is 0 Å². The molecule has 0 aliphatic carbocycles. The average Bonchev–Trinajstić information content (AvgIpc) is 2.30.